The van der Waals surface area contributed by atoms with Gasteiger partial charge in [0.1, 0.15) is 0 Å². The Bertz CT molecular complexity index is 1460. The lowest BCUT2D eigenvalue weighted by Crippen LogP contribution is -2.29. The molecule has 0 saturated heterocycles. The van der Waals surface area contributed by atoms with Crippen LogP contribution in [0.3, 0.4) is 0 Å². The van der Waals surface area contributed by atoms with Crippen LogP contribution in [0.5, 0.6) is 11.6 Å². The second kappa shape index (κ2) is 7.47. The normalized spacial score (nSPS) is 13.0. The minimum Gasteiger partial charge on any atom is -0.434 e. The number of hydrogen-bond acceptors (Lipinski definition) is 5. The van der Waals surface area contributed by atoms with Gasteiger partial charge in [0.15, 0.2) is 5.75 Å². The number of carbonyl (C=O) groups is 2. The maximum atomic E-state index is 12.8. The van der Waals surface area contributed by atoms with Gasteiger partial charge >= 0.3 is 0 Å². The molecular weight excluding hydrogens is 453 g/mol. The molecule has 1 aliphatic heterocycles. The van der Waals surface area contributed by atoms with Crippen molar-refractivity contribution in [3.8, 4) is 11.6 Å². The Labute approximate surface area is 191 Å². The van der Waals surface area contributed by atoms with E-state index in [-0.39, 0.29) is 32.9 Å². The maximum absolute atomic E-state index is 12.8. The Kier molecular flexibility index (Phi) is 4.73. The topological polar surface area (TPSA) is 81.5 Å². The molecule has 0 saturated carbocycles. The number of aromatic nitrogens is 2. The van der Waals surface area contributed by atoms with E-state index >= 15 is 0 Å². The standard InChI is InChI=1S/C23H13Cl2N3O4/c1-27-21(29)14-7-3-2-6-13(14)20(26-27)32-19-17(24)10-12(11-18(19)25)28-22(30)15-8-4-5-9-16(15)23(28)31/h2-11H,1H3. The average Bonchev–Trinajstić information content (AvgIpc) is 3.04. The highest BCUT2D eigenvalue weighted by atomic mass is 35.5. The molecule has 9 heteroatoms. The van der Waals surface area contributed by atoms with E-state index in [0.717, 1.165) is 9.58 Å². The Hall–Kier alpha value is -3.68. The van der Waals surface area contributed by atoms with E-state index in [0.29, 0.717) is 21.9 Å². The SMILES string of the molecule is Cn1nc(Oc2c(Cl)cc(N3C(=O)c4ccccc4C3=O)cc2Cl)c2ccccc2c1=O. The predicted octanol–water partition coefficient (Wildman–Crippen LogP) is 4.83. The molecule has 0 fully saturated rings. The third kappa shape index (κ3) is 3.05. The number of amides is 2. The zero-order valence-electron chi connectivity index (χ0n) is 16.5. The first kappa shape index (κ1) is 20.2. The monoisotopic (exact) mass is 465 g/mol. The van der Waals surface area contributed by atoms with Gasteiger partial charge in [0.05, 0.1) is 37.6 Å². The zero-order chi connectivity index (χ0) is 22.6. The summed E-state index contributed by atoms with van der Waals surface area (Å²) in [4.78, 5) is 38.9. The summed E-state index contributed by atoms with van der Waals surface area (Å²) in [6.45, 7) is 0. The van der Waals surface area contributed by atoms with E-state index in [1.165, 1.54) is 19.2 Å². The van der Waals surface area contributed by atoms with Crippen LogP contribution in [0.1, 0.15) is 20.7 Å². The average molecular weight is 466 g/mol. The lowest BCUT2D eigenvalue weighted by Gasteiger charge is -2.17. The zero-order valence-corrected chi connectivity index (χ0v) is 18.0. The molecule has 0 bridgehead atoms. The number of anilines is 1. The molecule has 2 heterocycles. The first-order valence-electron chi connectivity index (χ1n) is 9.47. The molecule has 0 N–H and O–H groups in total. The smallest absolute Gasteiger partial charge is 0.274 e. The van der Waals surface area contributed by atoms with Crippen LogP contribution < -0.4 is 15.2 Å². The second-order valence-electron chi connectivity index (χ2n) is 7.11. The van der Waals surface area contributed by atoms with Crippen molar-refractivity contribution in [1.29, 1.82) is 0 Å². The number of aryl methyl sites for hydroxylation is 1. The predicted molar refractivity (Wildman–Crippen MR) is 121 cm³/mol. The van der Waals surface area contributed by atoms with Crippen molar-refractivity contribution in [3.05, 3.63) is 92.2 Å². The fourth-order valence-electron chi connectivity index (χ4n) is 3.63. The number of rotatable bonds is 3. The quantitative estimate of drug-likeness (QED) is 0.404. The molecule has 0 atom stereocenters. The Morgan fingerprint density at radius 3 is 1.94 bits per heavy atom. The number of imide groups is 1. The van der Waals surface area contributed by atoms with Crippen LogP contribution in [-0.4, -0.2) is 21.6 Å². The number of nitrogens with zero attached hydrogens (tertiary/aromatic N) is 3. The summed E-state index contributed by atoms with van der Waals surface area (Å²) < 4.78 is 7.06. The molecule has 0 aliphatic carbocycles. The number of halogens is 2. The third-order valence-corrected chi connectivity index (χ3v) is 5.72. The molecule has 1 aliphatic rings. The molecule has 7 nitrogen and oxygen atoms in total. The first-order chi connectivity index (χ1) is 15.4. The number of ether oxygens (including phenoxy) is 1. The molecule has 1 aromatic heterocycles. The first-order valence-corrected chi connectivity index (χ1v) is 10.2. The van der Waals surface area contributed by atoms with Gasteiger partial charge in [0.25, 0.3) is 17.4 Å². The number of hydrogen-bond donors (Lipinski definition) is 0. The van der Waals surface area contributed by atoms with Gasteiger partial charge in [-0.25, -0.2) is 9.58 Å². The molecule has 0 spiro atoms. The molecule has 5 rings (SSSR count). The van der Waals surface area contributed by atoms with E-state index in [2.05, 4.69) is 5.10 Å². The van der Waals surface area contributed by atoms with E-state index in [9.17, 15) is 14.4 Å². The lowest BCUT2D eigenvalue weighted by molar-refractivity contribution is 0.0926. The largest absolute Gasteiger partial charge is 0.434 e. The third-order valence-electron chi connectivity index (χ3n) is 5.16. The van der Waals surface area contributed by atoms with Gasteiger partial charge < -0.3 is 4.74 Å². The summed E-state index contributed by atoms with van der Waals surface area (Å²) >= 11 is 12.9. The van der Waals surface area contributed by atoms with Gasteiger partial charge in [-0.2, -0.15) is 0 Å². The van der Waals surface area contributed by atoms with E-state index in [1.807, 2.05) is 0 Å². The van der Waals surface area contributed by atoms with Gasteiger partial charge in [-0.1, -0.05) is 47.5 Å². The van der Waals surface area contributed by atoms with Crippen molar-refractivity contribution >= 4 is 51.5 Å². The minimum absolute atomic E-state index is 0.0730. The molecular formula is C23H13Cl2N3O4. The highest BCUT2D eigenvalue weighted by Gasteiger charge is 2.37. The van der Waals surface area contributed by atoms with Crippen LogP contribution in [0.25, 0.3) is 10.8 Å². The highest BCUT2D eigenvalue weighted by Crippen LogP contribution is 2.41. The highest BCUT2D eigenvalue weighted by molar-refractivity contribution is 6.39. The van der Waals surface area contributed by atoms with Gasteiger partial charge in [0, 0.05) is 7.05 Å². The summed E-state index contributed by atoms with van der Waals surface area (Å²) in [6, 6.07) is 16.3. The molecule has 4 aromatic rings. The van der Waals surface area contributed by atoms with Crippen LogP contribution in [0.4, 0.5) is 5.69 Å². The lowest BCUT2D eigenvalue weighted by atomic mass is 10.1. The van der Waals surface area contributed by atoms with Crippen LogP contribution in [0.2, 0.25) is 10.0 Å². The van der Waals surface area contributed by atoms with Gasteiger partial charge in [-0.3, -0.25) is 14.4 Å². The summed E-state index contributed by atoms with van der Waals surface area (Å²) in [5.41, 5.74) is 0.569. The maximum Gasteiger partial charge on any atom is 0.274 e. The Balaban J connectivity index is 1.57. The molecule has 158 valence electrons. The number of carbonyl (C=O) groups excluding carboxylic acids is 2. The molecule has 32 heavy (non-hydrogen) atoms. The number of benzene rings is 3. The van der Waals surface area contributed by atoms with Gasteiger partial charge in [-0.05, 0) is 36.4 Å². The van der Waals surface area contributed by atoms with Crippen molar-refractivity contribution < 1.29 is 14.3 Å². The van der Waals surface area contributed by atoms with Crippen molar-refractivity contribution in [2.45, 2.75) is 0 Å². The second-order valence-corrected chi connectivity index (χ2v) is 7.93. The van der Waals surface area contributed by atoms with Crippen molar-refractivity contribution in [2.75, 3.05) is 4.90 Å². The fourth-order valence-corrected chi connectivity index (χ4v) is 4.19. The van der Waals surface area contributed by atoms with Crippen molar-refractivity contribution in [2.24, 2.45) is 7.05 Å². The summed E-state index contributed by atoms with van der Waals surface area (Å²) in [5, 5.41) is 5.24. The molecule has 2 amide bonds. The summed E-state index contributed by atoms with van der Waals surface area (Å²) in [5.74, 6) is -0.695. The van der Waals surface area contributed by atoms with Crippen LogP contribution in [-0.2, 0) is 7.05 Å². The minimum atomic E-state index is -0.461. The van der Waals surface area contributed by atoms with Gasteiger partial charge in [-0.15, -0.1) is 5.10 Å². The Morgan fingerprint density at radius 2 is 1.34 bits per heavy atom. The molecule has 0 radical (unpaired) electrons. The van der Waals surface area contributed by atoms with Crippen LogP contribution >= 0.6 is 23.2 Å². The Morgan fingerprint density at radius 1 is 0.812 bits per heavy atom. The van der Waals surface area contributed by atoms with E-state index in [4.69, 9.17) is 27.9 Å². The molecule has 0 unspecified atom stereocenters. The van der Waals surface area contributed by atoms with Gasteiger partial charge in [0.2, 0.25) is 5.88 Å². The van der Waals surface area contributed by atoms with Crippen molar-refractivity contribution in [1.82, 2.24) is 9.78 Å². The van der Waals surface area contributed by atoms with E-state index < -0.39 is 11.8 Å². The van der Waals surface area contributed by atoms with Crippen LogP contribution in [0.15, 0.2) is 65.5 Å². The summed E-state index contributed by atoms with van der Waals surface area (Å²) in [6.07, 6.45) is 0. The fraction of sp³-hybridized carbons (Fsp3) is 0.0435. The number of fused-ring (bicyclic) bond motifs is 2. The van der Waals surface area contributed by atoms with E-state index in [1.54, 1.807) is 48.5 Å². The van der Waals surface area contributed by atoms with Crippen LogP contribution in [0, 0.1) is 0 Å². The summed E-state index contributed by atoms with van der Waals surface area (Å²) in [7, 11) is 1.51. The molecule has 3 aromatic carbocycles. The van der Waals surface area contributed by atoms with Crippen molar-refractivity contribution in [3.63, 3.8) is 0 Å².